The summed E-state index contributed by atoms with van der Waals surface area (Å²) in [6, 6.07) is 30.7. The minimum Gasteiger partial charge on any atom is -0.383 e. The van der Waals surface area contributed by atoms with E-state index in [4.69, 9.17) is 42.6 Å². The molecule has 206 valence electrons. The van der Waals surface area contributed by atoms with Crippen molar-refractivity contribution in [3.8, 4) is 0 Å². The number of nitrogens with zero attached hydrogens (tertiary/aromatic N) is 2. The first-order valence-corrected chi connectivity index (χ1v) is 13.7. The van der Waals surface area contributed by atoms with Gasteiger partial charge in [-0.2, -0.15) is 9.78 Å². The fourth-order valence-corrected chi connectivity index (χ4v) is 5.95. The van der Waals surface area contributed by atoms with E-state index < -0.39 is 35.8 Å². The summed E-state index contributed by atoms with van der Waals surface area (Å²) in [5, 5.41) is 4.31. The number of hydrogen-bond acceptors (Lipinski definition) is 7. The van der Waals surface area contributed by atoms with Crippen LogP contribution in [0, 0.1) is 0 Å². The molecule has 0 amide bonds. The number of nitrogen functional groups attached to an aromatic ring is 1. The zero-order valence-electron chi connectivity index (χ0n) is 22.3. The van der Waals surface area contributed by atoms with Gasteiger partial charge in [-0.15, -0.1) is 0 Å². The van der Waals surface area contributed by atoms with Crippen LogP contribution in [0.1, 0.15) is 42.2 Å². The lowest BCUT2D eigenvalue weighted by Gasteiger charge is -2.37. The first-order chi connectivity index (χ1) is 19.3. The van der Waals surface area contributed by atoms with Crippen molar-refractivity contribution >= 4 is 23.1 Å². The lowest BCUT2D eigenvalue weighted by Crippen LogP contribution is -2.39. The van der Waals surface area contributed by atoms with E-state index >= 15 is 0 Å². The Hall–Kier alpha value is -3.60. The molecule has 6 rings (SSSR count). The molecule has 0 spiro atoms. The van der Waals surface area contributed by atoms with Crippen molar-refractivity contribution in [2.75, 3.05) is 12.3 Å². The number of thiocarbonyl (C=S) groups is 1. The summed E-state index contributed by atoms with van der Waals surface area (Å²) in [5.41, 5.74) is 14.9. The van der Waals surface area contributed by atoms with Gasteiger partial charge in [-0.25, -0.2) is 0 Å². The fourth-order valence-electron chi connectivity index (χ4n) is 5.81. The van der Waals surface area contributed by atoms with Gasteiger partial charge in [-0.05, 0) is 42.8 Å². The van der Waals surface area contributed by atoms with Crippen molar-refractivity contribution in [2.45, 2.75) is 49.7 Å². The summed E-state index contributed by atoms with van der Waals surface area (Å²) < 4.78 is 27.7. The number of aromatic nitrogens is 2. The maximum Gasteiger partial charge on any atom is 0.193 e. The van der Waals surface area contributed by atoms with Gasteiger partial charge in [0.25, 0.3) is 0 Å². The molecule has 2 saturated heterocycles. The number of rotatable bonds is 7. The molecule has 8 nitrogen and oxygen atoms in total. The van der Waals surface area contributed by atoms with Crippen LogP contribution in [0.15, 0.2) is 97.2 Å². The Labute approximate surface area is 238 Å². The predicted molar refractivity (Wildman–Crippen MR) is 155 cm³/mol. The minimum atomic E-state index is -0.897. The van der Waals surface area contributed by atoms with Crippen molar-refractivity contribution < 1.29 is 18.9 Å². The maximum absolute atomic E-state index is 7.05. The molecule has 2 fully saturated rings. The SMILES string of the molecule is CC1(C)O[C@@H]2[C@H](O1)[C@@H](COC(c1ccccc1)(c1ccccc1)c1ccccc1)O[C@H]2c1cnn(C(N)=S)c1N. The highest BCUT2D eigenvalue weighted by molar-refractivity contribution is 7.80. The highest BCUT2D eigenvalue weighted by Gasteiger charge is 2.57. The Morgan fingerprint density at radius 3 is 1.88 bits per heavy atom. The van der Waals surface area contributed by atoms with Crippen molar-refractivity contribution in [1.82, 2.24) is 9.78 Å². The van der Waals surface area contributed by atoms with E-state index in [1.807, 2.05) is 68.4 Å². The van der Waals surface area contributed by atoms with Crippen molar-refractivity contribution in [1.29, 1.82) is 0 Å². The lowest BCUT2D eigenvalue weighted by molar-refractivity contribution is -0.196. The van der Waals surface area contributed by atoms with Gasteiger partial charge >= 0.3 is 0 Å². The smallest absolute Gasteiger partial charge is 0.193 e. The average Bonchev–Trinajstić information content (AvgIpc) is 3.61. The van der Waals surface area contributed by atoms with Gasteiger partial charge in [0.05, 0.1) is 12.8 Å². The third kappa shape index (κ3) is 4.59. The molecule has 0 unspecified atom stereocenters. The highest BCUT2D eigenvalue weighted by atomic mass is 32.1. The van der Waals surface area contributed by atoms with Crippen molar-refractivity contribution in [3.05, 3.63) is 119 Å². The van der Waals surface area contributed by atoms with E-state index in [1.165, 1.54) is 4.68 Å². The Morgan fingerprint density at radius 2 is 1.40 bits per heavy atom. The van der Waals surface area contributed by atoms with Gasteiger partial charge in [0.1, 0.15) is 35.8 Å². The zero-order valence-corrected chi connectivity index (χ0v) is 23.2. The molecule has 1 aromatic heterocycles. The summed E-state index contributed by atoms with van der Waals surface area (Å²) in [5.74, 6) is -0.489. The molecule has 0 bridgehead atoms. The van der Waals surface area contributed by atoms with Gasteiger partial charge < -0.3 is 30.4 Å². The third-order valence-electron chi connectivity index (χ3n) is 7.51. The molecule has 4 aromatic rings. The highest BCUT2D eigenvalue weighted by Crippen LogP contribution is 2.48. The largest absolute Gasteiger partial charge is 0.383 e. The number of benzene rings is 3. The van der Waals surface area contributed by atoms with Crippen LogP contribution >= 0.6 is 12.2 Å². The number of anilines is 1. The molecular formula is C31H32N4O4S. The van der Waals surface area contributed by atoms with E-state index in [0.29, 0.717) is 11.4 Å². The monoisotopic (exact) mass is 556 g/mol. The van der Waals surface area contributed by atoms with Gasteiger partial charge in [-0.3, -0.25) is 0 Å². The summed E-state index contributed by atoms with van der Waals surface area (Å²) >= 11 is 5.09. The average molecular weight is 557 g/mol. The third-order valence-corrected chi connectivity index (χ3v) is 7.68. The number of hydrogen-bond donors (Lipinski definition) is 2. The quantitative estimate of drug-likeness (QED) is 0.253. The van der Waals surface area contributed by atoms with Crippen LogP contribution in [0.4, 0.5) is 5.82 Å². The first-order valence-electron chi connectivity index (χ1n) is 13.2. The molecule has 40 heavy (non-hydrogen) atoms. The van der Waals surface area contributed by atoms with Gasteiger partial charge in [0, 0.05) is 5.56 Å². The van der Waals surface area contributed by atoms with E-state index in [2.05, 4.69) is 41.5 Å². The molecule has 3 heterocycles. The van der Waals surface area contributed by atoms with Crippen LogP contribution in [0.5, 0.6) is 0 Å². The van der Waals surface area contributed by atoms with Gasteiger partial charge in [0.15, 0.2) is 10.9 Å². The maximum atomic E-state index is 7.05. The minimum absolute atomic E-state index is 0.0560. The molecule has 0 radical (unpaired) electrons. The van der Waals surface area contributed by atoms with Crippen molar-refractivity contribution in [2.24, 2.45) is 5.73 Å². The van der Waals surface area contributed by atoms with Crippen LogP contribution in [0.3, 0.4) is 0 Å². The van der Waals surface area contributed by atoms with Crippen LogP contribution < -0.4 is 11.5 Å². The number of fused-ring (bicyclic) bond motifs is 1. The number of ether oxygens (including phenoxy) is 4. The molecule has 9 heteroatoms. The molecule has 3 aromatic carbocycles. The molecule has 0 saturated carbocycles. The normalized spacial score (nSPS) is 23.6. The first kappa shape index (κ1) is 26.6. The van der Waals surface area contributed by atoms with Gasteiger partial charge in [0.2, 0.25) is 0 Å². The molecule has 2 aliphatic heterocycles. The van der Waals surface area contributed by atoms with Crippen LogP contribution in [-0.4, -0.2) is 45.6 Å². The van der Waals surface area contributed by atoms with E-state index in [9.17, 15) is 0 Å². The Bertz CT molecular complexity index is 1380. The lowest BCUT2D eigenvalue weighted by atomic mass is 9.80. The Kier molecular flexibility index (Phi) is 6.93. The zero-order chi connectivity index (χ0) is 27.9. The fraction of sp³-hybridized carbons (Fsp3) is 0.290. The van der Waals surface area contributed by atoms with E-state index in [0.717, 1.165) is 16.7 Å². The Balaban J connectivity index is 1.39. The van der Waals surface area contributed by atoms with E-state index in [-0.39, 0.29) is 11.7 Å². The van der Waals surface area contributed by atoms with Crippen LogP contribution in [0.25, 0.3) is 0 Å². The molecular weight excluding hydrogens is 524 g/mol. The predicted octanol–water partition coefficient (Wildman–Crippen LogP) is 4.53. The summed E-state index contributed by atoms with van der Waals surface area (Å²) in [7, 11) is 0. The summed E-state index contributed by atoms with van der Waals surface area (Å²) in [6.07, 6.45) is -0.193. The molecule has 0 aliphatic carbocycles. The van der Waals surface area contributed by atoms with Gasteiger partial charge in [-0.1, -0.05) is 91.0 Å². The molecule has 4 N–H and O–H groups in total. The Morgan fingerprint density at radius 1 is 0.900 bits per heavy atom. The topological polar surface area (TPSA) is 107 Å². The van der Waals surface area contributed by atoms with Crippen LogP contribution in [0.2, 0.25) is 0 Å². The van der Waals surface area contributed by atoms with Crippen LogP contribution in [-0.2, 0) is 24.5 Å². The second-order valence-corrected chi connectivity index (χ2v) is 10.9. The molecule has 4 atom stereocenters. The number of nitrogens with two attached hydrogens (primary N) is 2. The van der Waals surface area contributed by atoms with E-state index in [1.54, 1.807) is 6.20 Å². The standard InChI is InChI=1S/C31H32N4O4S/c1-30(2)38-26-24(37-25(27(26)39-30)23-18-34-35(28(23)32)29(33)40)19-36-31(20-12-6-3-7-13-20,21-14-8-4-9-15-21)22-16-10-5-11-17-22/h3-18,24-27H,19,32H2,1-2H3,(H2,33,40)/t24-,25+,26-,27+/m1/s1. The molecule has 2 aliphatic rings. The van der Waals surface area contributed by atoms with Crippen molar-refractivity contribution in [3.63, 3.8) is 0 Å². The second kappa shape index (κ2) is 10.4. The second-order valence-electron chi connectivity index (χ2n) is 10.5. The summed E-state index contributed by atoms with van der Waals surface area (Å²) in [6.45, 7) is 4.01. The summed E-state index contributed by atoms with van der Waals surface area (Å²) in [4.78, 5) is 0.